The number of methoxy groups -OCH3 is 1. The number of halogens is 3. The van der Waals surface area contributed by atoms with Crippen molar-refractivity contribution in [2.24, 2.45) is 0 Å². The van der Waals surface area contributed by atoms with Crippen LogP contribution < -0.4 is 25.4 Å². The Labute approximate surface area is 193 Å². The van der Waals surface area contributed by atoms with Crippen LogP contribution in [0.5, 0.6) is 11.5 Å². The smallest absolute Gasteiger partial charge is 0.237 e. The maximum absolute atomic E-state index is 14.4. The lowest BCUT2D eigenvalue weighted by atomic mass is 10.0. The van der Waals surface area contributed by atoms with Gasteiger partial charge >= 0.3 is 0 Å². The second-order valence-electron chi connectivity index (χ2n) is 7.48. The first-order valence-electron chi connectivity index (χ1n) is 10.3. The number of nitrogens with zero attached hydrogens (tertiary/aromatic N) is 2. The maximum atomic E-state index is 14.4. The van der Waals surface area contributed by atoms with Crippen molar-refractivity contribution in [3.63, 3.8) is 0 Å². The molecule has 0 radical (unpaired) electrons. The normalized spacial score (nSPS) is 18.1. The largest absolute Gasteiger partial charge is 0.493 e. The minimum atomic E-state index is -0.927. The molecule has 2 aromatic carbocycles. The zero-order valence-electron chi connectivity index (χ0n) is 17.9. The molecule has 33 heavy (non-hydrogen) atoms. The van der Waals surface area contributed by atoms with Crippen LogP contribution in [0.25, 0.3) is 10.9 Å². The van der Waals surface area contributed by atoms with E-state index >= 15 is 0 Å². The van der Waals surface area contributed by atoms with Gasteiger partial charge in [0.15, 0.2) is 17.3 Å². The number of nitrogens with one attached hydrogen (secondary N) is 3. The number of benzene rings is 2. The fourth-order valence-corrected chi connectivity index (χ4v) is 3.87. The summed E-state index contributed by atoms with van der Waals surface area (Å²) < 4.78 is 39.6. The van der Waals surface area contributed by atoms with Crippen molar-refractivity contribution in [3.8, 4) is 11.5 Å². The van der Waals surface area contributed by atoms with Gasteiger partial charge in [0, 0.05) is 24.9 Å². The van der Waals surface area contributed by atoms with Gasteiger partial charge in [-0.25, -0.2) is 18.7 Å². The van der Waals surface area contributed by atoms with Gasteiger partial charge in [-0.15, -0.1) is 0 Å². The molecular formula is C22H22ClF2N5O3. The Kier molecular flexibility index (Phi) is 6.75. The van der Waals surface area contributed by atoms with Crippen molar-refractivity contribution in [1.29, 1.82) is 0 Å². The lowest BCUT2D eigenvalue weighted by Crippen LogP contribution is -2.50. The summed E-state index contributed by atoms with van der Waals surface area (Å²) in [5.41, 5.74) is 0.491. The summed E-state index contributed by atoms with van der Waals surface area (Å²) in [5.74, 6) is -0.717. The molecule has 3 N–H and O–H groups in total. The Morgan fingerprint density at radius 3 is 2.82 bits per heavy atom. The standard InChI is InChI=1S/C22H22ClF2N5O3/c1-26-22(31)16-7-11(5-6-27-16)33-18-8-12-15(9-17(18)32-2)28-10-29-21(12)30-14-4-3-13(24)19(23)20(14)25/h3-4,8-11,16,27H,5-7H2,1-2H3,(H,26,31)(H,28,29,30)/t11?,16-/m0/s1. The molecule has 1 fully saturated rings. The predicted octanol–water partition coefficient (Wildman–Crippen LogP) is 3.56. The average Bonchev–Trinajstić information content (AvgIpc) is 2.84. The number of hydrogen-bond acceptors (Lipinski definition) is 7. The Morgan fingerprint density at radius 2 is 2.06 bits per heavy atom. The van der Waals surface area contributed by atoms with Crippen molar-refractivity contribution < 1.29 is 23.0 Å². The Balaban J connectivity index is 1.67. The third kappa shape index (κ3) is 4.76. The highest BCUT2D eigenvalue weighted by atomic mass is 35.5. The third-order valence-corrected chi connectivity index (χ3v) is 5.77. The molecule has 11 heteroatoms. The molecule has 1 saturated heterocycles. The summed E-state index contributed by atoms with van der Waals surface area (Å²) in [6.45, 7) is 0.624. The lowest BCUT2D eigenvalue weighted by molar-refractivity contribution is -0.123. The molecule has 1 aliphatic heterocycles. The number of likely N-dealkylation sites (N-methyl/N-ethyl adjacent to an activating group) is 1. The number of piperidine rings is 1. The first-order chi connectivity index (χ1) is 15.9. The van der Waals surface area contributed by atoms with Gasteiger partial charge in [-0.05, 0) is 31.2 Å². The number of anilines is 2. The molecular weight excluding hydrogens is 456 g/mol. The first-order valence-corrected chi connectivity index (χ1v) is 10.6. The number of rotatable bonds is 6. The summed E-state index contributed by atoms with van der Waals surface area (Å²) in [7, 11) is 3.10. The number of amides is 1. The van der Waals surface area contributed by atoms with E-state index in [0.29, 0.717) is 41.8 Å². The van der Waals surface area contributed by atoms with Crippen molar-refractivity contribution in [2.75, 3.05) is 26.0 Å². The molecule has 0 saturated carbocycles. The number of fused-ring (bicyclic) bond motifs is 1. The van der Waals surface area contributed by atoms with Crippen LogP contribution in [0.3, 0.4) is 0 Å². The lowest BCUT2D eigenvalue weighted by Gasteiger charge is -2.30. The molecule has 1 unspecified atom stereocenters. The topological polar surface area (TPSA) is 97.4 Å². The molecule has 2 heterocycles. The number of carbonyl (C=O) groups is 1. The zero-order chi connectivity index (χ0) is 23.5. The van der Waals surface area contributed by atoms with E-state index in [-0.39, 0.29) is 29.6 Å². The zero-order valence-corrected chi connectivity index (χ0v) is 18.7. The molecule has 0 spiro atoms. The van der Waals surface area contributed by atoms with E-state index < -0.39 is 16.7 Å². The highest BCUT2D eigenvalue weighted by Crippen LogP contribution is 2.37. The minimum absolute atomic E-state index is 0.0357. The van der Waals surface area contributed by atoms with Crippen LogP contribution in [0.4, 0.5) is 20.3 Å². The molecule has 174 valence electrons. The second-order valence-corrected chi connectivity index (χ2v) is 7.85. The summed E-state index contributed by atoms with van der Waals surface area (Å²) in [4.78, 5) is 20.5. The van der Waals surface area contributed by atoms with E-state index in [1.807, 2.05) is 0 Å². The van der Waals surface area contributed by atoms with E-state index in [4.69, 9.17) is 21.1 Å². The molecule has 1 amide bonds. The predicted molar refractivity (Wildman–Crippen MR) is 120 cm³/mol. The van der Waals surface area contributed by atoms with E-state index in [9.17, 15) is 13.6 Å². The van der Waals surface area contributed by atoms with Crippen molar-refractivity contribution in [1.82, 2.24) is 20.6 Å². The van der Waals surface area contributed by atoms with E-state index in [0.717, 1.165) is 6.07 Å². The fourth-order valence-electron chi connectivity index (χ4n) is 3.71. The van der Waals surface area contributed by atoms with E-state index in [1.165, 1.54) is 19.5 Å². The number of aromatic nitrogens is 2. The summed E-state index contributed by atoms with van der Waals surface area (Å²) >= 11 is 5.69. The molecule has 0 bridgehead atoms. The van der Waals surface area contributed by atoms with Crippen molar-refractivity contribution in [2.45, 2.75) is 25.0 Å². The second kappa shape index (κ2) is 9.72. The highest BCUT2D eigenvalue weighted by molar-refractivity contribution is 6.31. The number of carbonyl (C=O) groups excluding carboxylic acids is 1. The SMILES string of the molecule is CNC(=O)[C@@H]1CC(Oc2cc3c(Nc4ccc(F)c(Cl)c4F)ncnc3cc2OC)CCN1. The van der Waals surface area contributed by atoms with Gasteiger partial charge in [0.1, 0.15) is 29.1 Å². The van der Waals surface area contributed by atoms with Gasteiger partial charge in [-0.2, -0.15) is 0 Å². The quantitative estimate of drug-likeness (QED) is 0.467. The van der Waals surface area contributed by atoms with Crippen LogP contribution in [-0.2, 0) is 4.79 Å². The van der Waals surface area contributed by atoms with Gasteiger partial charge in [0.05, 0.1) is 24.4 Å². The third-order valence-electron chi connectivity index (χ3n) is 5.42. The van der Waals surface area contributed by atoms with Crippen LogP contribution in [0.1, 0.15) is 12.8 Å². The van der Waals surface area contributed by atoms with Gasteiger partial charge in [-0.1, -0.05) is 11.6 Å². The Bertz CT molecular complexity index is 1200. The highest BCUT2D eigenvalue weighted by Gasteiger charge is 2.28. The Hall–Kier alpha value is -3.24. The summed E-state index contributed by atoms with van der Waals surface area (Å²) in [6.07, 6.45) is 2.27. The van der Waals surface area contributed by atoms with Crippen LogP contribution >= 0.6 is 11.6 Å². The van der Waals surface area contributed by atoms with E-state index in [1.54, 1.807) is 19.2 Å². The monoisotopic (exact) mass is 477 g/mol. The molecule has 2 atom stereocenters. The number of ether oxygens (including phenoxy) is 2. The first kappa shape index (κ1) is 22.9. The van der Waals surface area contributed by atoms with Crippen molar-refractivity contribution in [3.05, 3.63) is 47.2 Å². The van der Waals surface area contributed by atoms with Gasteiger partial charge in [-0.3, -0.25) is 4.79 Å². The van der Waals surface area contributed by atoms with Crippen LogP contribution in [0.15, 0.2) is 30.6 Å². The minimum Gasteiger partial charge on any atom is -0.493 e. The average molecular weight is 478 g/mol. The van der Waals surface area contributed by atoms with Crippen LogP contribution in [0.2, 0.25) is 5.02 Å². The molecule has 1 aromatic heterocycles. The molecule has 4 rings (SSSR count). The Morgan fingerprint density at radius 1 is 1.24 bits per heavy atom. The summed E-state index contributed by atoms with van der Waals surface area (Å²) in [6, 6.07) is 5.32. The van der Waals surface area contributed by atoms with Crippen LogP contribution in [-0.4, -0.2) is 48.7 Å². The molecule has 1 aliphatic rings. The molecule has 0 aliphatic carbocycles. The van der Waals surface area contributed by atoms with Gasteiger partial charge in [0.25, 0.3) is 0 Å². The van der Waals surface area contributed by atoms with Crippen molar-refractivity contribution >= 4 is 39.9 Å². The number of hydrogen-bond donors (Lipinski definition) is 3. The molecule has 8 nitrogen and oxygen atoms in total. The van der Waals surface area contributed by atoms with Gasteiger partial charge < -0.3 is 25.4 Å². The van der Waals surface area contributed by atoms with Gasteiger partial charge in [0.2, 0.25) is 5.91 Å². The summed E-state index contributed by atoms with van der Waals surface area (Å²) in [5, 5.41) is 8.57. The molecule has 3 aromatic rings. The van der Waals surface area contributed by atoms with E-state index in [2.05, 4.69) is 25.9 Å². The maximum Gasteiger partial charge on any atom is 0.237 e. The van der Waals surface area contributed by atoms with Crippen LogP contribution in [0, 0.1) is 11.6 Å². The fraction of sp³-hybridized carbons (Fsp3) is 0.318.